The Morgan fingerprint density at radius 1 is 0.531 bits per heavy atom. The molecule has 0 fully saturated rings. The molecule has 0 aliphatic heterocycles. The summed E-state index contributed by atoms with van der Waals surface area (Å²) in [6.07, 6.45) is 4.64. The van der Waals surface area contributed by atoms with E-state index in [1.165, 1.54) is 40.2 Å². The highest BCUT2D eigenvalue weighted by atomic mass is 32.1. The molecule has 0 radical (unpaired) electrons. The lowest BCUT2D eigenvalue weighted by Gasteiger charge is -2.32. The molecule has 0 bridgehead atoms. The standard InChI is InChI=1S/C43H25N3O2S/c47-40-33(41(48)39-38(40)44-21-22-45-39)24-29-25-37-42(49-29)32-20-19-28(46(26-11-3-1-4-12-26)27-13-5-2-6-14-27)23-36(32)43(37)34-17-9-7-15-30(34)31-16-8-10-18-35(31)43/h1-25H. The maximum absolute atomic E-state index is 13.3. The Balaban J connectivity index is 1.23. The first-order valence-corrected chi connectivity index (χ1v) is 17.0. The summed E-state index contributed by atoms with van der Waals surface area (Å²) in [6, 6.07) is 47.3. The maximum Gasteiger partial charge on any atom is 0.217 e. The van der Waals surface area contributed by atoms with E-state index < -0.39 is 5.41 Å². The average molecular weight is 648 g/mol. The number of rotatable bonds is 4. The molecule has 2 heterocycles. The third-order valence-electron chi connectivity index (χ3n) is 9.95. The minimum Gasteiger partial charge on any atom is -0.310 e. The Bertz CT molecular complexity index is 2430. The number of ketones is 2. The molecular formula is C43H25N3O2S. The Kier molecular flexibility index (Phi) is 5.90. The lowest BCUT2D eigenvalue weighted by molar-refractivity contribution is 0.0988. The Morgan fingerprint density at radius 3 is 1.67 bits per heavy atom. The number of benzene rings is 5. The van der Waals surface area contributed by atoms with Crippen LogP contribution in [0, 0.1) is 0 Å². The highest BCUT2D eigenvalue weighted by Gasteiger charge is 2.53. The van der Waals surface area contributed by atoms with E-state index in [1.807, 2.05) is 12.1 Å². The summed E-state index contributed by atoms with van der Waals surface area (Å²) < 4.78 is 0. The topological polar surface area (TPSA) is 63.2 Å². The lowest BCUT2D eigenvalue weighted by Crippen LogP contribution is -2.26. The van der Waals surface area contributed by atoms with Crippen LogP contribution in [0.15, 0.2) is 151 Å². The minimum absolute atomic E-state index is 0.110. The second-order valence-electron chi connectivity index (χ2n) is 12.4. The zero-order chi connectivity index (χ0) is 32.7. The molecule has 3 aliphatic carbocycles. The van der Waals surface area contributed by atoms with Crippen molar-refractivity contribution in [2.45, 2.75) is 5.41 Å². The number of carbonyl (C=O) groups is 2. The van der Waals surface area contributed by atoms with Crippen LogP contribution in [0.4, 0.5) is 17.1 Å². The van der Waals surface area contributed by atoms with E-state index in [9.17, 15) is 9.59 Å². The normalized spacial score (nSPS) is 14.3. The zero-order valence-corrected chi connectivity index (χ0v) is 26.8. The quantitative estimate of drug-likeness (QED) is 0.141. The third-order valence-corrected chi connectivity index (χ3v) is 11.1. The predicted molar refractivity (Wildman–Crippen MR) is 194 cm³/mol. The highest BCUT2D eigenvalue weighted by Crippen LogP contribution is 2.65. The number of allylic oxidation sites excluding steroid dienone is 1. The van der Waals surface area contributed by atoms with Gasteiger partial charge in [-0.2, -0.15) is 0 Å². The van der Waals surface area contributed by atoms with Crippen molar-refractivity contribution in [3.8, 4) is 21.6 Å². The van der Waals surface area contributed by atoms with E-state index in [0.717, 1.165) is 37.9 Å². The van der Waals surface area contributed by atoms with Gasteiger partial charge in [0.25, 0.3) is 0 Å². The van der Waals surface area contributed by atoms with Crippen LogP contribution >= 0.6 is 11.3 Å². The molecule has 0 N–H and O–H groups in total. The van der Waals surface area contributed by atoms with Crippen LogP contribution in [0.5, 0.6) is 0 Å². The number of para-hydroxylation sites is 2. The minimum atomic E-state index is -0.587. The largest absolute Gasteiger partial charge is 0.310 e. The van der Waals surface area contributed by atoms with Crippen molar-refractivity contribution in [3.05, 3.63) is 190 Å². The first kappa shape index (κ1) is 27.8. The summed E-state index contributed by atoms with van der Waals surface area (Å²) in [6.45, 7) is 0. The highest BCUT2D eigenvalue weighted by molar-refractivity contribution is 7.16. The van der Waals surface area contributed by atoms with Gasteiger partial charge >= 0.3 is 0 Å². The fraction of sp³-hybridized carbons (Fsp3) is 0.0233. The number of aromatic nitrogens is 2. The number of anilines is 3. The van der Waals surface area contributed by atoms with Gasteiger partial charge in [0.15, 0.2) is 0 Å². The van der Waals surface area contributed by atoms with E-state index in [-0.39, 0.29) is 28.5 Å². The molecule has 0 atom stereocenters. The van der Waals surface area contributed by atoms with Crippen LogP contribution in [-0.2, 0) is 5.41 Å². The van der Waals surface area contributed by atoms with Gasteiger partial charge in [-0.1, -0.05) is 91.0 Å². The molecule has 0 saturated carbocycles. The number of Topliss-reactive ketones (excluding diaryl/α,β-unsaturated/α-hetero) is 2. The second kappa shape index (κ2) is 10.4. The van der Waals surface area contributed by atoms with Gasteiger partial charge in [0.05, 0.1) is 11.0 Å². The van der Waals surface area contributed by atoms with Gasteiger partial charge < -0.3 is 4.90 Å². The smallest absolute Gasteiger partial charge is 0.217 e. The molecule has 49 heavy (non-hydrogen) atoms. The van der Waals surface area contributed by atoms with Crippen LogP contribution < -0.4 is 4.90 Å². The van der Waals surface area contributed by atoms with E-state index in [0.29, 0.717) is 0 Å². The van der Waals surface area contributed by atoms with Crippen molar-refractivity contribution in [1.82, 2.24) is 9.97 Å². The molecular weight excluding hydrogens is 623 g/mol. The molecule has 230 valence electrons. The first-order chi connectivity index (χ1) is 24.1. The molecule has 1 spiro atoms. The van der Waals surface area contributed by atoms with Crippen molar-refractivity contribution in [2.75, 3.05) is 4.90 Å². The molecule has 7 aromatic rings. The summed E-state index contributed by atoms with van der Waals surface area (Å²) in [5.41, 5.74) is 11.4. The van der Waals surface area contributed by atoms with Gasteiger partial charge in [0.2, 0.25) is 11.6 Å². The average Bonchev–Trinajstić information content (AvgIpc) is 3.85. The van der Waals surface area contributed by atoms with Crippen LogP contribution in [0.3, 0.4) is 0 Å². The number of hydrogen-bond donors (Lipinski definition) is 0. The van der Waals surface area contributed by atoms with Crippen LogP contribution in [0.2, 0.25) is 0 Å². The molecule has 0 amide bonds. The molecule has 10 rings (SSSR count). The number of hydrogen-bond acceptors (Lipinski definition) is 6. The van der Waals surface area contributed by atoms with Crippen molar-refractivity contribution in [2.24, 2.45) is 0 Å². The van der Waals surface area contributed by atoms with Gasteiger partial charge in [-0.05, 0) is 87.5 Å². The summed E-state index contributed by atoms with van der Waals surface area (Å²) in [7, 11) is 0. The van der Waals surface area contributed by atoms with Crippen LogP contribution in [0.25, 0.3) is 27.6 Å². The van der Waals surface area contributed by atoms with Crippen molar-refractivity contribution >= 4 is 46.0 Å². The summed E-state index contributed by atoms with van der Waals surface area (Å²) in [5.74, 6) is -0.750. The Hall–Kier alpha value is -6.24. The fourth-order valence-electron chi connectivity index (χ4n) is 8.00. The molecule has 3 aliphatic rings. The van der Waals surface area contributed by atoms with Crippen LogP contribution in [0.1, 0.15) is 48.1 Å². The van der Waals surface area contributed by atoms with E-state index in [2.05, 4.69) is 136 Å². The second-order valence-corrected chi connectivity index (χ2v) is 13.5. The SMILES string of the molecule is O=C1C(=Cc2cc3c(s2)-c2ccc(N(c4ccccc4)c4ccccc4)cc2C32c3ccccc3-c3ccccc32)C(=O)c2nccnc21. The first-order valence-electron chi connectivity index (χ1n) is 16.2. The summed E-state index contributed by atoms with van der Waals surface area (Å²) >= 11 is 1.62. The Morgan fingerprint density at radius 2 is 1.08 bits per heavy atom. The molecule has 5 nitrogen and oxygen atoms in total. The molecule has 2 aromatic heterocycles. The van der Waals surface area contributed by atoms with Crippen LogP contribution in [-0.4, -0.2) is 21.5 Å². The molecule has 0 unspecified atom stereocenters. The number of thiophene rings is 1. The molecule has 5 aromatic carbocycles. The van der Waals surface area contributed by atoms with E-state index in [1.54, 1.807) is 17.4 Å². The van der Waals surface area contributed by atoms with Gasteiger partial charge in [-0.25, -0.2) is 9.97 Å². The summed E-state index contributed by atoms with van der Waals surface area (Å²) in [5, 5.41) is 0. The predicted octanol–water partition coefficient (Wildman–Crippen LogP) is 9.81. The van der Waals surface area contributed by atoms with Gasteiger partial charge in [0.1, 0.15) is 11.4 Å². The van der Waals surface area contributed by atoms with Crippen molar-refractivity contribution in [3.63, 3.8) is 0 Å². The van der Waals surface area contributed by atoms with Crippen molar-refractivity contribution in [1.29, 1.82) is 0 Å². The number of nitrogens with zero attached hydrogens (tertiary/aromatic N) is 3. The number of carbonyl (C=O) groups excluding carboxylic acids is 2. The third kappa shape index (κ3) is 3.80. The van der Waals surface area contributed by atoms with E-state index >= 15 is 0 Å². The lowest BCUT2D eigenvalue weighted by atomic mass is 9.71. The van der Waals surface area contributed by atoms with Gasteiger partial charge in [0, 0.05) is 39.2 Å². The molecule has 0 saturated heterocycles. The number of fused-ring (bicyclic) bond motifs is 11. The Labute approximate surface area is 286 Å². The van der Waals surface area contributed by atoms with Gasteiger partial charge in [-0.3, -0.25) is 9.59 Å². The fourth-order valence-corrected chi connectivity index (χ4v) is 9.20. The maximum atomic E-state index is 13.3. The monoisotopic (exact) mass is 647 g/mol. The van der Waals surface area contributed by atoms with Crippen molar-refractivity contribution < 1.29 is 9.59 Å². The molecule has 6 heteroatoms. The van der Waals surface area contributed by atoms with Gasteiger partial charge in [-0.15, -0.1) is 11.3 Å². The zero-order valence-electron chi connectivity index (χ0n) is 26.0. The van der Waals surface area contributed by atoms with E-state index in [4.69, 9.17) is 0 Å². The summed E-state index contributed by atoms with van der Waals surface area (Å²) in [4.78, 5) is 39.2.